The van der Waals surface area contributed by atoms with E-state index in [4.69, 9.17) is 5.26 Å². The fraction of sp³-hybridized carbons (Fsp3) is 0.615. The topological polar surface area (TPSA) is 23.8 Å². The predicted molar refractivity (Wildman–Crippen MR) is 59.5 cm³/mol. The van der Waals surface area contributed by atoms with Crippen LogP contribution in [0.3, 0.4) is 0 Å². The second kappa shape index (κ2) is 5.00. The predicted octanol–water partition coefficient (Wildman–Crippen LogP) is 3.55. The lowest BCUT2D eigenvalue weighted by Gasteiger charge is -2.34. The summed E-state index contributed by atoms with van der Waals surface area (Å²) in [6, 6.07) is 2.35. The van der Waals surface area contributed by atoms with Gasteiger partial charge in [0.1, 0.15) is 0 Å². The molecule has 1 fully saturated rings. The SMILES string of the molecule is C=CC1CCC(C(C)C#N)CC1C=C. The largest absolute Gasteiger partial charge is 0.198 e. The first kappa shape index (κ1) is 11.0. The highest BCUT2D eigenvalue weighted by Crippen LogP contribution is 2.38. The van der Waals surface area contributed by atoms with Crippen LogP contribution in [0.25, 0.3) is 0 Å². The Kier molecular flexibility index (Phi) is 3.95. The molecule has 0 bridgehead atoms. The molecule has 76 valence electrons. The third kappa shape index (κ3) is 2.26. The third-order valence-electron chi connectivity index (χ3n) is 3.51. The average Bonchev–Trinajstić information content (AvgIpc) is 2.26. The second-order valence-corrected chi connectivity index (χ2v) is 4.29. The quantitative estimate of drug-likeness (QED) is 0.623. The number of hydrogen-bond donors (Lipinski definition) is 0. The van der Waals surface area contributed by atoms with Gasteiger partial charge in [0.2, 0.25) is 0 Å². The van der Waals surface area contributed by atoms with Gasteiger partial charge in [-0.3, -0.25) is 0 Å². The van der Waals surface area contributed by atoms with Crippen LogP contribution in [-0.2, 0) is 0 Å². The molecule has 0 N–H and O–H groups in total. The molecule has 0 radical (unpaired) electrons. The molecule has 1 heteroatoms. The Bertz CT molecular complexity index is 248. The van der Waals surface area contributed by atoms with Crippen LogP contribution in [0.5, 0.6) is 0 Å². The van der Waals surface area contributed by atoms with Gasteiger partial charge >= 0.3 is 0 Å². The Balaban J connectivity index is 2.61. The molecular formula is C13H19N. The maximum Gasteiger partial charge on any atom is 0.0655 e. The molecule has 0 aromatic heterocycles. The van der Waals surface area contributed by atoms with Crippen molar-refractivity contribution in [2.45, 2.75) is 26.2 Å². The number of hydrogen-bond acceptors (Lipinski definition) is 1. The minimum atomic E-state index is 0.184. The van der Waals surface area contributed by atoms with Gasteiger partial charge in [0.05, 0.1) is 6.07 Å². The van der Waals surface area contributed by atoms with Gasteiger partial charge in [0.25, 0.3) is 0 Å². The molecule has 0 aliphatic heterocycles. The number of nitrogens with zero attached hydrogens (tertiary/aromatic N) is 1. The zero-order chi connectivity index (χ0) is 10.6. The first-order chi connectivity index (χ1) is 6.72. The second-order valence-electron chi connectivity index (χ2n) is 4.29. The molecule has 1 nitrogen and oxygen atoms in total. The van der Waals surface area contributed by atoms with Crippen molar-refractivity contribution in [3.8, 4) is 6.07 Å². The lowest BCUT2D eigenvalue weighted by atomic mass is 9.70. The number of nitriles is 1. The fourth-order valence-electron chi connectivity index (χ4n) is 2.39. The average molecular weight is 189 g/mol. The molecule has 14 heavy (non-hydrogen) atoms. The van der Waals surface area contributed by atoms with Crippen molar-refractivity contribution in [3.05, 3.63) is 25.3 Å². The van der Waals surface area contributed by atoms with E-state index in [2.05, 4.69) is 19.2 Å². The normalized spacial score (nSPS) is 34.1. The van der Waals surface area contributed by atoms with Crippen LogP contribution in [0.1, 0.15) is 26.2 Å². The summed E-state index contributed by atoms with van der Waals surface area (Å²) in [7, 11) is 0. The Morgan fingerprint density at radius 1 is 1.29 bits per heavy atom. The van der Waals surface area contributed by atoms with Gasteiger partial charge in [-0.25, -0.2) is 0 Å². The molecule has 4 atom stereocenters. The standard InChI is InChI=1S/C13H19N/c1-4-11-6-7-13(10(3)9-14)8-12(11)5-2/h4-5,10-13H,1-2,6-8H2,3H3. The molecule has 1 saturated carbocycles. The smallest absolute Gasteiger partial charge is 0.0655 e. The summed E-state index contributed by atoms with van der Waals surface area (Å²) in [5.41, 5.74) is 0. The molecule has 0 spiro atoms. The van der Waals surface area contributed by atoms with Crippen molar-refractivity contribution in [3.63, 3.8) is 0 Å². The van der Waals surface area contributed by atoms with Crippen LogP contribution in [0.2, 0.25) is 0 Å². The monoisotopic (exact) mass is 189 g/mol. The maximum absolute atomic E-state index is 8.87. The van der Waals surface area contributed by atoms with Crippen LogP contribution in [0.4, 0.5) is 0 Å². The van der Waals surface area contributed by atoms with E-state index in [9.17, 15) is 0 Å². The van der Waals surface area contributed by atoms with E-state index in [1.165, 1.54) is 0 Å². The van der Waals surface area contributed by atoms with Gasteiger partial charge in [0.15, 0.2) is 0 Å². The van der Waals surface area contributed by atoms with E-state index in [-0.39, 0.29) is 5.92 Å². The lowest BCUT2D eigenvalue weighted by molar-refractivity contribution is 0.220. The van der Waals surface area contributed by atoms with Crippen molar-refractivity contribution in [2.24, 2.45) is 23.7 Å². The molecule has 0 aromatic carbocycles. The third-order valence-corrected chi connectivity index (χ3v) is 3.51. The molecule has 0 amide bonds. The first-order valence-electron chi connectivity index (χ1n) is 5.37. The molecule has 0 aromatic rings. The minimum absolute atomic E-state index is 0.184. The Hall–Kier alpha value is -1.03. The zero-order valence-electron chi connectivity index (χ0n) is 8.95. The molecule has 4 unspecified atom stereocenters. The molecule has 0 saturated heterocycles. The van der Waals surface area contributed by atoms with Crippen LogP contribution >= 0.6 is 0 Å². The summed E-state index contributed by atoms with van der Waals surface area (Å²) >= 11 is 0. The summed E-state index contributed by atoms with van der Waals surface area (Å²) in [4.78, 5) is 0. The maximum atomic E-state index is 8.87. The highest BCUT2D eigenvalue weighted by Gasteiger charge is 2.29. The van der Waals surface area contributed by atoms with Crippen molar-refractivity contribution in [2.75, 3.05) is 0 Å². The zero-order valence-corrected chi connectivity index (χ0v) is 8.95. The highest BCUT2D eigenvalue weighted by molar-refractivity contribution is 4.99. The van der Waals surface area contributed by atoms with Crippen molar-refractivity contribution in [1.82, 2.24) is 0 Å². The van der Waals surface area contributed by atoms with E-state index >= 15 is 0 Å². The number of rotatable bonds is 3. The van der Waals surface area contributed by atoms with Crippen molar-refractivity contribution >= 4 is 0 Å². The molecule has 1 aliphatic carbocycles. The van der Waals surface area contributed by atoms with Crippen LogP contribution in [0, 0.1) is 35.0 Å². The van der Waals surface area contributed by atoms with Gasteiger partial charge < -0.3 is 0 Å². The van der Waals surface area contributed by atoms with E-state index in [1.54, 1.807) is 0 Å². The van der Waals surface area contributed by atoms with Gasteiger partial charge in [-0.1, -0.05) is 12.2 Å². The van der Waals surface area contributed by atoms with E-state index in [0.717, 1.165) is 19.3 Å². The summed E-state index contributed by atoms with van der Waals surface area (Å²) in [6.45, 7) is 9.76. The minimum Gasteiger partial charge on any atom is -0.198 e. The van der Waals surface area contributed by atoms with Gasteiger partial charge in [-0.05, 0) is 43.9 Å². The van der Waals surface area contributed by atoms with Crippen molar-refractivity contribution in [1.29, 1.82) is 5.26 Å². The number of allylic oxidation sites excluding steroid dienone is 2. The van der Waals surface area contributed by atoms with Crippen LogP contribution < -0.4 is 0 Å². The first-order valence-corrected chi connectivity index (χ1v) is 5.37. The van der Waals surface area contributed by atoms with Gasteiger partial charge in [-0.15, -0.1) is 13.2 Å². The van der Waals surface area contributed by atoms with Crippen LogP contribution in [0.15, 0.2) is 25.3 Å². The highest BCUT2D eigenvalue weighted by atomic mass is 14.4. The van der Waals surface area contributed by atoms with E-state index < -0.39 is 0 Å². The van der Waals surface area contributed by atoms with E-state index in [0.29, 0.717) is 17.8 Å². The van der Waals surface area contributed by atoms with Crippen LogP contribution in [-0.4, -0.2) is 0 Å². The fourth-order valence-corrected chi connectivity index (χ4v) is 2.39. The summed E-state index contributed by atoms with van der Waals surface area (Å²) in [6.07, 6.45) is 7.50. The Morgan fingerprint density at radius 2 is 1.93 bits per heavy atom. The molecule has 0 heterocycles. The molecule has 1 aliphatic rings. The lowest BCUT2D eigenvalue weighted by Crippen LogP contribution is -2.25. The Morgan fingerprint density at radius 3 is 2.43 bits per heavy atom. The molecule has 1 rings (SSSR count). The Labute approximate surface area is 87.1 Å². The van der Waals surface area contributed by atoms with Crippen molar-refractivity contribution < 1.29 is 0 Å². The van der Waals surface area contributed by atoms with Gasteiger partial charge in [-0.2, -0.15) is 5.26 Å². The summed E-state index contributed by atoms with van der Waals surface area (Å²) in [5.74, 6) is 1.85. The van der Waals surface area contributed by atoms with E-state index in [1.807, 2.05) is 19.1 Å². The summed E-state index contributed by atoms with van der Waals surface area (Å²) in [5, 5.41) is 8.87. The molecular weight excluding hydrogens is 170 g/mol. The summed E-state index contributed by atoms with van der Waals surface area (Å²) < 4.78 is 0. The van der Waals surface area contributed by atoms with Gasteiger partial charge in [0, 0.05) is 5.92 Å².